The number of nitrogens with zero attached hydrogens (tertiary/aromatic N) is 1. The van der Waals surface area contributed by atoms with E-state index < -0.39 is 0 Å². The lowest BCUT2D eigenvalue weighted by atomic mass is 10.1. The predicted molar refractivity (Wildman–Crippen MR) is 68.8 cm³/mol. The van der Waals surface area contributed by atoms with Gasteiger partial charge in [-0.1, -0.05) is 11.6 Å². The summed E-state index contributed by atoms with van der Waals surface area (Å²) in [7, 11) is 0. The molecule has 2 rings (SSSR count). The molecule has 1 aromatic carbocycles. The zero-order chi connectivity index (χ0) is 13.1. The van der Waals surface area contributed by atoms with Crippen molar-refractivity contribution in [3.05, 3.63) is 28.8 Å². The molecule has 0 bridgehead atoms. The maximum Gasteiger partial charge on any atom is 0.257 e. The quantitative estimate of drug-likeness (QED) is 0.881. The van der Waals surface area contributed by atoms with Gasteiger partial charge in [0.1, 0.15) is 5.75 Å². The Morgan fingerprint density at radius 3 is 3.00 bits per heavy atom. The Kier molecular flexibility index (Phi) is 4.09. The van der Waals surface area contributed by atoms with Gasteiger partial charge in [0.15, 0.2) is 0 Å². The molecule has 0 aliphatic carbocycles. The molecule has 5 heteroatoms. The largest absolute Gasteiger partial charge is 0.507 e. The first-order valence-corrected chi connectivity index (χ1v) is 6.38. The van der Waals surface area contributed by atoms with Crippen LogP contribution in [0.4, 0.5) is 0 Å². The average molecular weight is 270 g/mol. The molecule has 0 saturated carbocycles. The maximum atomic E-state index is 12.2. The molecule has 1 aliphatic rings. The zero-order valence-corrected chi connectivity index (χ0v) is 10.7. The van der Waals surface area contributed by atoms with E-state index in [9.17, 15) is 9.90 Å². The van der Waals surface area contributed by atoms with Gasteiger partial charge in [-0.25, -0.2) is 0 Å². The van der Waals surface area contributed by atoms with Gasteiger partial charge < -0.3 is 15.1 Å². The number of halogens is 1. The van der Waals surface area contributed by atoms with E-state index >= 15 is 0 Å². The minimum Gasteiger partial charge on any atom is -0.507 e. The van der Waals surface area contributed by atoms with Gasteiger partial charge in [0.2, 0.25) is 0 Å². The number of aliphatic hydroxyl groups is 1. The van der Waals surface area contributed by atoms with E-state index in [0.29, 0.717) is 30.5 Å². The highest BCUT2D eigenvalue weighted by atomic mass is 35.5. The van der Waals surface area contributed by atoms with Crippen LogP contribution in [0.3, 0.4) is 0 Å². The van der Waals surface area contributed by atoms with Gasteiger partial charge in [0, 0.05) is 24.7 Å². The topological polar surface area (TPSA) is 60.8 Å². The Bertz CT molecular complexity index is 450. The number of hydrogen-bond donors (Lipinski definition) is 2. The maximum absolute atomic E-state index is 12.2. The number of phenols is 1. The van der Waals surface area contributed by atoms with E-state index in [1.54, 1.807) is 11.0 Å². The third kappa shape index (κ3) is 2.76. The van der Waals surface area contributed by atoms with Crippen molar-refractivity contribution in [1.29, 1.82) is 0 Å². The first-order chi connectivity index (χ1) is 8.61. The molecule has 1 aliphatic heterocycles. The van der Waals surface area contributed by atoms with E-state index in [1.165, 1.54) is 12.1 Å². The van der Waals surface area contributed by atoms with Crippen LogP contribution in [0.5, 0.6) is 5.75 Å². The van der Waals surface area contributed by atoms with Crippen molar-refractivity contribution in [2.75, 3.05) is 19.7 Å². The Hall–Kier alpha value is -1.26. The molecule has 1 unspecified atom stereocenters. The van der Waals surface area contributed by atoms with Crippen molar-refractivity contribution >= 4 is 17.5 Å². The van der Waals surface area contributed by atoms with Gasteiger partial charge in [-0.05, 0) is 37.0 Å². The number of amides is 1. The fourth-order valence-corrected chi connectivity index (χ4v) is 2.46. The van der Waals surface area contributed by atoms with Crippen LogP contribution in [0.1, 0.15) is 23.2 Å². The van der Waals surface area contributed by atoms with Gasteiger partial charge in [0.25, 0.3) is 5.91 Å². The van der Waals surface area contributed by atoms with Crippen LogP contribution in [0.2, 0.25) is 5.02 Å². The number of hydrogen-bond acceptors (Lipinski definition) is 3. The van der Waals surface area contributed by atoms with Gasteiger partial charge in [-0.15, -0.1) is 0 Å². The molecule has 18 heavy (non-hydrogen) atoms. The van der Waals surface area contributed by atoms with E-state index in [-0.39, 0.29) is 23.8 Å². The van der Waals surface area contributed by atoms with Crippen molar-refractivity contribution in [3.8, 4) is 5.75 Å². The summed E-state index contributed by atoms with van der Waals surface area (Å²) in [6, 6.07) is 4.46. The summed E-state index contributed by atoms with van der Waals surface area (Å²) in [5, 5.41) is 19.0. The van der Waals surface area contributed by atoms with Crippen LogP contribution < -0.4 is 0 Å². The van der Waals surface area contributed by atoms with Crippen LogP contribution in [0.25, 0.3) is 0 Å². The molecule has 0 aromatic heterocycles. The van der Waals surface area contributed by atoms with Crippen molar-refractivity contribution < 1.29 is 15.0 Å². The molecule has 1 saturated heterocycles. The third-order valence-electron chi connectivity index (χ3n) is 3.30. The molecule has 1 amide bonds. The Morgan fingerprint density at radius 2 is 2.28 bits per heavy atom. The first-order valence-electron chi connectivity index (χ1n) is 6.00. The molecule has 98 valence electrons. The lowest BCUT2D eigenvalue weighted by Gasteiger charge is -2.17. The van der Waals surface area contributed by atoms with Crippen LogP contribution in [0, 0.1) is 5.92 Å². The van der Waals surface area contributed by atoms with Crippen LogP contribution in [-0.2, 0) is 0 Å². The number of aromatic hydroxyl groups is 1. The number of phenolic OH excluding ortho intramolecular Hbond substituents is 1. The summed E-state index contributed by atoms with van der Waals surface area (Å²) in [4.78, 5) is 13.9. The van der Waals surface area contributed by atoms with Crippen molar-refractivity contribution in [1.82, 2.24) is 4.90 Å². The summed E-state index contributed by atoms with van der Waals surface area (Å²) in [6.45, 7) is 1.44. The summed E-state index contributed by atoms with van der Waals surface area (Å²) < 4.78 is 0. The Labute approximate surface area is 111 Å². The lowest BCUT2D eigenvalue weighted by molar-refractivity contribution is 0.0781. The standard InChI is InChI=1S/C13H16ClNO3/c14-10-1-2-12(17)11(7-10)13(18)15-5-3-9(8-15)4-6-16/h1-2,7,9,16-17H,3-6,8H2. The monoisotopic (exact) mass is 269 g/mol. The Morgan fingerprint density at radius 1 is 1.50 bits per heavy atom. The Balaban J connectivity index is 2.10. The highest BCUT2D eigenvalue weighted by Gasteiger charge is 2.27. The molecule has 0 radical (unpaired) electrons. The third-order valence-corrected chi connectivity index (χ3v) is 3.53. The van der Waals surface area contributed by atoms with E-state index in [0.717, 1.165) is 6.42 Å². The van der Waals surface area contributed by atoms with Crippen molar-refractivity contribution in [3.63, 3.8) is 0 Å². The molecule has 2 N–H and O–H groups in total. The summed E-state index contributed by atoms with van der Waals surface area (Å²) in [5.41, 5.74) is 0.243. The van der Waals surface area contributed by atoms with Crippen molar-refractivity contribution in [2.45, 2.75) is 12.8 Å². The molecular weight excluding hydrogens is 254 g/mol. The highest BCUT2D eigenvalue weighted by molar-refractivity contribution is 6.31. The van der Waals surface area contributed by atoms with Crippen LogP contribution >= 0.6 is 11.6 Å². The molecule has 1 heterocycles. The number of likely N-dealkylation sites (tertiary alicyclic amines) is 1. The van der Waals surface area contributed by atoms with Gasteiger partial charge in [-0.2, -0.15) is 0 Å². The van der Waals surface area contributed by atoms with Gasteiger partial charge in [-0.3, -0.25) is 4.79 Å². The lowest BCUT2D eigenvalue weighted by Crippen LogP contribution is -2.28. The molecule has 4 nitrogen and oxygen atoms in total. The predicted octanol–water partition coefficient (Wildman–Crippen LogP) is 1.89. The number of rotatable bonds is 3. The van der Waals surface area contributed by atoms with Crippen LogP contribution in [-0.4, -0.2) is 40.7 Å². The van der Waals surface area contributed by atoms with E-state index in [1.807, 2.05) is 0 Å². The molecule has 1 fully saturated rings. The molecule has 1 aromatic rings. The number of aliphatic hydroxyl groups excluding tert-OH is 1. The van der Waals surface area contributed by atoms with E-state index in [4.69, 9.17) is 16.7 Å². The minimum atomic E-state index is -0.199. The number of carbonyl (C=O) groups excluding carboxylic acids is 1. The summed E-state index contributed by atoms with van der Waals surface area (Å²) in [6.07, 6.45) is 1.61. The van der Waals surface area contributed by atoms with Gasteiger partial charge >= 0.3 is 0 Å². The molecule has 0 spiro atoms. The fraction of sp³-hybridized carbons (Fsp3) is 0.462. The second kappa shape index (κ2) is 5.59. The second-order valence-electron chi connectivity index (χ2n) is 4.58. The highest BCUT2D eigenvalue weighted by Crippen LogP contribution is 2.26. The summed E-state index contributed by atoms with van der Waals surface area (Å²) in [5.74, 6) is 0.103. The minimum absolute atomic E-state index is 0.0463. The zero-order valence-electron chi connectivity index (χ0n) is 9.97. The fourth-order valence-electron chi connectivity index (χ4n) is 2.29. The SMILES string of the molecule is O=C(c1cc(Cl)ccc1O)N1CCC(CCO)C1. The number of carbonyl (C=O) groups is 1. The molecule has 1 atom stereocenters. The molecular formula is C13H16ClNO3. The second-order valence-corrected chi connectivity index (χ2v) is 5.02. The average Bonchev–Trinajstić information content (AvgIpc) is 2.80. The van der Waals surface area contributed by atoms with Crippen molar-refractivity contribution in [2.24, 2.45) is 5.92 Å². The van der Waals surface area contributed by atoms with E-state index in [2.05, 4.69) is 0 Å². The summed E-state index contributed by atoms with van der Waals surface area (Å²) >= 11 is 5.83. The smallest absolute Gasteiger partial charge is 0.257 e. The van der Waals surface area contributed by atoms with Gasteiger partial charge in [0.05, 0.1) is 5.56 Å². The first kappa shape index (κ1) is 13.2. The van der Waals surface area contributed by atoms with Crippen LogP contribution in [0.15, 0.2) is 18.2 Å². The normalized spacial score (nSPS) is 19.2. The number of benzene rings is 1.